The van der Waals surface area contributed by atoms with Gasteiger partial charge in [-0.25, -0.2) is 0 Å². The number of esters is 1. The summed E-state index contributed by atoms with van der Waals surface area (Å²) in [4.78, 5) is 14.5. The molecule has 1 fully saturated rings. The first kappa shape index (κ1) is 17.4. The highest BCUT2D eigenvalue weighted by molar-refractivity contribution is 5.80. The summed E-state index contributed by atoms with van der Waals surface area (Å²) >= 11 is 0. The lowest BCUT2D eigenvalue weighted by atomic mass is 9.99. The number of likely N-dealkylation sites (N-methyl/N-ethyl adjacent to an activating group) is 1. The zero-order chi connectivity index (χ0) is 15.2. The van der Waals surface area contributed by atoms with E-state index < -0.39 is 5.54 Å². The van der Waals surface area contributed by atoms with Crippen LogP contribution in [0.3, 0.4) is 0 Å². The molecule has 3 atom stereocenters. The first-order chi connectivity index (χ1) is 9.44. The van der Waals surface area contributed by atoms with Crippen LogP contribution in [-0.4, -0.2) is 61.9 Å². The molecule has 0 saturated carbocycles. The van der Waals surface area contributed by atoms with Crippen molar-refractivity contribution in [3.8, 4) is 0 Å². The molecule has 0 spiro atoms. The molecule has 0 aromatic carbocycles. The SMILES string of the molecule is CCCNC(C)(CN(C)C1CCOC1C)C(=O)OCC. The van der Waals surface area contributed by atoms with Crippen LogP contribution in [0.5, 0.6) is 0 Å². The van der Waals surface area contributed by atoms with Gasteiger partial charge in [0.25, 0.3) is 0 Å². The van der Waals surface area contributed by atoms with Crippen LogP contribution in [0.25, 0.3) is 0 Å². The minimum Gasteiger partial charge on any atom is -0.465 e. The lowest BCUT2D eigenvalue weighted by Crippen LogP contribution is -2.59. The minimum absolute atomic E-state index is 0.174. The van der Waals surface area contributed by atoms with E-state index in [1.165, 1.54) is 0 Å². The van der Waals surface area contributed by atoms with Crippen molar-refractivity contribution in [2.75, 3.05) is 33.4 Å². The van der Waals surface area contributed by atoms with Gasteiger partial charge in [-0.1, -0.05) is 6.92 Å². The molecular formula is C15H30N2O3. The highest BCUT2D eigenvalue weighted by Crippen LogP contribution is 2.20. The number of carbonyl (C=O) groups excluding carboxylic acids is 1. The van der Waals surface area contributed by atoms with Crippen molar-refractivity contribution in [1.29, 1.82) is 0 Å². The van der Waals surface area contributed by atoms with E-state index in [1.807, 2.05) is 13.8 Å². The molecule has 1 rings (SSSR count). The second-order valence-electron chi connectivity index (χ2n) is 5.83. The molecule has 1 aliphatic rings. The van der Waals surface area contributed by atoms with Gasteiger partial charge in [-0.2, -0.15) is 0 Å². The molecule has 0 aromatic heterocycles. The van der Waals surface area contributed by atoms with Crippen LogP contribution in [-0.2, 0) is 14.3 Å². The van der Waals surface area contributed by atoms with Crippen LogP contribution in [0.4, 0.5) is 0 Å². The summed E-state index contributed by atoms with van der Waals surface area (Å²) in [6.45, 7) is 10.6. The number of rotatable bonds is 8. The van der Waals surface area contributed by atoms with Crippen LogP contribution in [0.1, 0.15) is 40.5 Å². The minimum atomic E-state index is -0.664. The molecule has 1 saturated heterocycles. The maximum absolute atomic E-state index is 12.3. The van der Waals surface area contributed by atoms with Gasteiger partial charge in [0.05, 0.1) is 12.7 Å². The predicted octanol–water partition coefficient (Wildman–Crippen LogP) is 1.42. The van der Waals surface area contributed by atoms with Gasteiger partial charge < -0.3 is 14.8 Å². The van der Waals surface area contributed by atoms with E-state index in [0.717, 1.165) is 26.0 Å². The summed E-state index contributed by atoms with van der Waals surface area (Å²) < 4.78 is 10.8. The molecular weight excluding hydrogens is 256 g/mol. The number of carbonyl (C=O) groups is 1. The molecule has 1 aliphatic heterocycles. The van der Waals surface area contributed by atoms with Crippen molar-refractivity contribution >= 4 is 5.97 Å². The fraction of sp³-hybridized carbons (Fsp3) is 0.933. The van der Waals surface area contributed by atoms with E-state index in [9.17, 15) is 4.79 Å². The van der Waals surface area contributed by atoms with Crippen LogP contribution in [0.2, 0.25) is 0 Å². The van der Waals surface area contributed by atoms with Crippen LogP contribution < -0.4 is 5.32 Å². The molecule has 5 heteroatoms. The van der Waals surface area contributed by atoms with Crippen molar-refractivity contribution in [1.82, 2.24) is 10.2 Å². The quantitative estimate of drug-likeness (QED) is 0.684. The number of nitrogens with one attached hydrogen (secondary N) is 1. The lowest BCUT2D eigenvalue weighted by Gasteiger charge is -2.36. The fourth-order valence-corrected chi connectivity index (χ4v) is 2.80. The number of hydrogen-bond donors (Lipinski definition) is 1. The number of nitrogens with zero attached hydrogens (tertiary/aromatic N) is 1. The van der Waals surface area contributed by atoms with Gasteiger partial charge in [-0.3, -0.25) is 9.69 Å². The van der Waals surface area contributed by atoms with Gasteiger partial charge in [0.15, 0.2) is 0 Å². The van der Waals surface area contributed by atoms with Crippen LogP contribution in [0.15, 0.2) is 0 Å². The zero-order valence-electron chi connectivity index (χ0n) is 13.6. The Morgan fingerprint density at radius 1 is 1.50 bits per heavy atom. The second kappa shape index (κ2) is 7.96. The Kier molecular flexibility index (Phi) is 6.92. The van der Waals surface area contributed by atoms with Gasteiger partial charge in [0.1, 0.15) is 5.54 Å². The van der Waals surface area contributed by atoms with E-state index in [2.05, 4.69) is 31.1 Å². The van der Waals surface area contributed by atoms with Crippen molar-refractivity contribution in [2.24, 2.45) is 0 Å². The number of hydrogen-bond acceptors (Lipinski definition) is 5. The van der Waals surface area contributed by atoms with Gasteiger partial charge in [-0.05, 0) is 47.2 Å². The maximum atomic E-state index is 12.3. The monoisotopic (exact) mass is 286 g/mol. The molecule has 118 valence electrons. The summed E-state index contributed by atoms with van der Waals surface area (Å²) in [6.07, 6.45) is 2.23. The van der Waals surface area contributed by atoms with Crippen molar-refractivity contribution in [2.45, 2.75) is 58.2 Å². The highest BCUT2D eigenvalue weighted by Gasteiger charge is 2.38. The van der Waals surface area contributed by atoms with Crippen LogP contribution in [0, 0.1) is 0 Å². The molecule has 0 aliphatic carbocycles. The van der Waals surface area contributed by atoms with Crippen LogP contribution >= 0.6 is 0 Å². The molecule has 5 nitrogen and oxygen atoms in total. The predicted molar refractivity (Wildman–Crippen MR) is 79.8 cm³/mol. The molecule has 20 heavy (non-hydrogen) atoms. The Labute approximate surface area is 123 Å². The van der Waals surface area contributed by atoms with Gasteiger partial charge in [0, 0.05) is 19.2 Å². The summed E-state index contributed by atoms with van der Waals surface area (Å²) in [5.41, 5.74) is -0.664. The third-order valence-corrected chi connectivity index (χ3v) is 3.96. The highest BCUT2D eigenvalue weighted by atomic mass is 16.5. The van der Waals surface area contributed by atoms with Crippen molar-refractivity contribution in [3.63, 3.8) is 0 Å². The first-order valence-corrected chi connectivity index (χ1v) is 7.68. The van der Waals surface area contributed by atoms with Gasteiger partial charge in [0.2, 0.25) is 0 Å². The summed E-state index contributed by atoms with van der Waals surface area (Å²) in [5, 5.41) is 3.34. The second-order valence-corrected chi connectivity index (χ2v) is 5.83. The molecule has 3 unspecified atom stereocenters. The third-order valence-electron chi connectivity index (χ3n) is 3.96. The summed E-state index contributed by atoms with van der Waals surface area (Å²) in [6, 6.07) is 0.368. The topological polar surface area (TPSA) is 50.8 Å². The normalized spacial score (nSPS) is 25.7. The number of ether oxygens (including phenoxy) is 2. The lowest BCUT2D eigenvalue weighted by molar-refractivity contribution is -0.151. The van der Waals surface area contributed by atoms with E-state index in [4.69, 9.17) is 9.47 Å². The molecule has 0 bridgehead atoms. The average molecular weight is 286 g/mol. The Bertz CT molecular complexity index is 311. The Balaban J connectivity index is 2.69. The molecule has 1 heterocycles. The third kappa shape index (κ3) is 4.43. The fourth-order valence-electron chi connectivity index (χ4n) is 2.80. The Hall–Kier alpha value is -0.650. The van der Waals surface area contributed by atoms with E-state index >= 15 is 0 Å². The van der Waals surface area contributed by atoms with E-state index in [0.29, 0.717) is 19.2 Å². The average Bonchev–Trinajstić information content (AvgIpc) is 2.83. The smallest absolute Gasteiger partial charge is 0.327 e. The first-order valence-electron chi connectivity index (χ1n) is 7.68. The van der Waals surface area contributed by atoms with E-state index in [-0.39, 0.29) is 12.1 Å². The zero-order valence-corrected chi connectivity index (χ0v) is 13.6. The molecule has 1 N–H and O–H groups in total. The Morgan fingerprint density at radius 2 is 2.20 bits per heavy atom. The van der Waals surface area contributed by atoms with Gasteiger partial charge in [-0.15, -0.1) is 0 Å². The largest absolute Gasteiger partial charge is 0.465 e. The molecule has 0 radical (unpaired) electrons. The van der Waals surface area contributed by atoms with Crippen molar-refractivity contribution < 1.29 is 14.3 Å². The molecule has 0 amide bonds. The van der Waals surface area contributed by atoms with Crippen molar-refractivity contribution in [3.05, 3.63) is 0 Å². The van der Waals surface area contributed by atoms with E-state index in [1.54, 1.807) is 0 Å². The Morgan fingerprint density at radius 3 is 2.70 bits per heavy atom. The maximum Gasteiger partial charge on any atom is 0.327 e. The summed E-state index contributed by atoms with van der Waals surface area (Å²) in [5.74, 6) is -0.174. The van der Waals surface area contributed by atoms with Gasteiger partial charge >= 0.3 is 5.97 Å². The summed E-state index contributed by atoms with van der Waals surface area (Å²) in [7, 11) is 2.06. The standard InChI is InChI=1S/C15H30N2O3/c1-6-9-16-15(4,14(18)19-7-2)11-17(5)13-8-10-20-12(13)3/h12-13,16H,6-11H2,1-5H3. The molecule has 0 aromatic rings.